The Hall–Kier alpha value is -3.07. The van der Waals surface area contributed by atoms with Crippen molar-refractivity contribution in [3.8, 4) is 0 Å². The van der Waals surface area contributed by atoms with Gasteiger partial charge in [-0.25, -0.2) is 4.79 Å². The minimum atomic E-state index is -2.43. The second-order valence-electron chi connectivity index (χ2n) is 21.2. The van der Waals surface area contributed by atoms with Crippen molar-refractivity contribution < 1.29 is 62.4 Å². The molecular weight excluding hydrogens is 902 g/mol. The van der Waals surface area contributed by atoms with E-state index in [0.29, 0.717) is 56.9 Å². The van der Waals surface area contributed by atoms with Gasteiger partial charge in [-0.2, -0.15) is 0 Å². The Labute approximate surface area is 413 Å². The summed E-state index contributed by atoms with van der Waals surface area (Å²) in [6.07, 6.45) is 16.7. The van der Waals surface area contributed by atoms with Gasteiger partial charge in [0.25, 0.3) is 11.7 Å². The molecule has 2 bridgehead atoms. The topological polar surface area (TPSA) is 184 Å². The Morgan fingerprint density at radius 2 is 1.58 bits per heavy atom. The van der Waals surface area contributed by atoms with Crippen LogP contribution in [-0.4, -0.2) is 146 Å². The lowest BCUT2D eigenvalue weighted by atomic mass is 9.78. The van der Waals surface area contributed by atoms with Crippen LogP contribution in [0.4, 0.5) is 0 Å². The number of cyclic esters (lactones) is 1. The van der Waals surface area contributed by atoms with Crippen LogP contribution in [0.3, 0.4) is 0 Å². The summed E-state index contributed by atoms with van der Waals surface area (Å²) in [6, 6.07) is -1.13. The van der Waals surface area contributed by atoms with Gasteiger partial charge in [0.05, 0.1) is 24.4 Å². The molecule has 14 nitrogen and oxygen atoms in total. The van der Waals surface area contributed by atoms with Gasteiger partial charge in [-0.05, 0) is 127 Å². The van der Waals surface area contributed by atoms with Crippen LogP contribution in [0.15, 0.2) is 47.6 Å². The summed E-state index contributed by atoms with van der Waals surface area (Å²) < 4.78 is 36.2. The van der Waals surface area contributed by atoms with Crippen LogP contribution in [0.5, 0.6) is 0 Å². The van der Waals surface area contributed by atoms with Crippen LogP contribution < -0.4 is 0 Å². The Balaban J connectivity index is 1.70. The number of Topliss-reactive ketones (excluding diaryl/α,β-unsaturated/α-hetero) is 3. The quantitative estimate of drug-likeness (QED) is 0.104. The zero-order valence-corrected chi connectivity index (χ0v) is 44.6. The number of nitrogens with zero attached hydrogens (tertiary/aromatic N) is 1. The van der Waals surface area contributed by atoms with Crippen molar-refractivity contribution in [1.29, 1.82) is 0 Å². The van der Waals surface area contributed by atoms with E-state index in [4.69, 9.17) is 28.2 Å². The molecule has 3 aliphatic heterocycles. The summed E-state index contributed by atoms with van der Waals surface area (Å²) in [7, 11) is 2.86. The molecule has 0 aromatic heterocycles. The molecule has 390 valence electrons. The molecule has 0 spiro atoms. The van der Waals surface area contributed by atoms with Gasteiger partial charge in [-0.15, -0.1) is 0 Å². The van der Waals surface area contributed by atoms with Crippen LogP contribution in [0.1, 0.15) is 126 Å². The standard InChI is InChI=1S/C54H86NO13P/c1-33-19-15-14-16-20-34(2)45(63-8)31-41-24-22-39(7)54(62,67-41)51(59)52(60)55-26-18-17-21-42(55)53(61)66-46(36(4)29-40-23-25-44(47(30-40)64-9)68-69(11,12)13)32-43(56)35(3)28-38(6)49(58)50(65-10)48(57)37(5)27-33/h14-16,19-20,28,33,35-37,39-42,44-47,49-50,58,62H,11,17-18,21-27,29-32H2,1-10,12-13H3/b16-14+,19-15+,34-20+,38-28+/t33-,35-,36-,37-,39-,40+,41+,42+,44-,45+,46+,47-,49-,50+,54-/m1/s1. The molecule has 1 amide bonds. The molecule has 0 aromatic rings. The third kappa shape index (κ3) is 16.2. The minimum Gasteiger partial charge on any atom is -0.460 e. The number of carbonyl (C=O) groups is 5. The van der Waals surface area contributed by atoms with E-state index in [9.17, 15) is 34.2 Å². The van der Waals surface area contributed by atoms with E-state index in [1.807, 2.05) is 71.4 Å². The number of aliphatic hydroxyl groups is 2. The minimum absolute atomic E-state index is 0.0208. The largest absolute Gasteiger partial charge is 0.460 e. The predicted octanol–water partition coefficient (Wildman–Crippen LogP) is 7.83. The maximum Gasteiger partial charge on any atom is 0.329 e. The molecule has 1 saturated carbocycles. The number of ether oxygens (including phenoxy) is 5. The van der Waals surface area contributed by atoms with E-state index in [0.717, 1.165) is 18.4 Å². The van der Waals surface area contributed by atoms with E-state index in [1.165, 1.54) is 12.0 Å². The molecule has 3 heterocycles. The normalized spacial score (nSPS) is 39.0. The first-order valence-electron chi connectivity index (χ1n) is 25.3. The molecule has 3 fully saturated rings. The number of fused-ring (bicyclic) bond motifs is 3. The molecule has 0 aromatic carbocycles. The van der Waals surface area contributed by atoms with Crippen LogP contribution in [0, 0.1) is 35.5 Å². The monoisotopic (exact) mass is 988 g/mol. The fraction of sp³-hybridized carbons (Fsp3) is 0.741. The molecule has 2 saturated heterocycles. The number of piperidine rings is 1. The zero-order valence-electron chi connectivity index (χ0n) is 43.7. The Bertz CT molecular complexity index is 1940. The number of aliphatic hydroxyl groups excluding tert-OH is 1. The van der Waals surface area contributed by atoms with Crippen molar-refractivity contribution in [1.82, 2.24) is 4.90 Å². The zero-order chi connectivity index (χ0) is 51.4. The van der Waals surface area contributed by atoms with Gasteiger partial charge in [-0.3, -0.25) is 19.2 Å². The highest BCUT2D eigenvalue weighted by Crippen LogP contribution is 2.44. The Morgan fingerprint density at radius 3 is 2.23 bits per heavy atom. The molecule has 0 radical (unpaired) electrons. The highest BCUT2D eigenvalue weighted by molar-refractivity contribution is 7.67. The van der Waals surface area contributed by atoms with Crippen molar-refractivity contribution in [3.63, 3.8) is 0 Å². The summed E-state index contributed by atoms with van der Waals surface area (Å²) >= 11 is 0. The third-order valence-corrected chi connectivity index (χ3v) is 15.7. The molecule has 0 unspecified atom stereocenters. The van der Waals surface area contributed by atoms with Crippen molar-refractivity contribution in [2.45, 2.75) is 180 Å². The molecule has 2 N–H and O–H groups in total. The molecule has 1 aliphatic carbocycles. The average Bonchev–Trinajstić information content (AvgIpc) is 3.30. The van der Waals surface area contributed by atoms with Crippen LogP contribution >= 0.6 is 7.11 Å². The maximum absolute atomic E-state index is 14.5. The van der Waals surface area contributed by atoms with Crippen molar-refractivity contribution in [2.75, 3.05) is 41.2 Å². The van der Waals surface area contributed by atoms with Gasteiger partial charge in [0, 0.05) is 58.5 Å². The molecule has 4 aliphatic rings. The van der Waals surface area contributed by atoms with Gasteiger partial charge in [-0.1, -0.05) is 77.4 Å². The van der Waals surface area contributed by atoms with E-state index in [-0.39, 0.29) is 60.9 Å². The van der Waals surface area contributed by atoms with Crippen LogP contribution in [0.25, 0.3) is 0 Å². The number of esters is 1. The predicted molar refractivity (Wildman–Crippen MR) is 270 cm³/mol. The molecule has 69 heavy (non-hydrogen) atoms. The molecule has 15 heteroatoms. The summed E-state index contributed by atoms with van der Waals surface area (Å²) in [5, 5.41) is 23.5. The van der Waals surface area contributed by atoms with Gasteiger partial charge in [0.15, 0.2) is 5.78 Å². The second-order valence-corrected chi connectivity index (χ2v) is 24.6. The first-order valence-corrected chi connectivity index (χ1v) is 28.1. The molecule has 15 atom stereocenters. The van der Waals surface area contributed by atoms with Crippen LogP contribution in [-0.2, 0) is 52.2 Å². The number of carbonyl (C=O) groups excluding carboxylic acids is 5. The number of hydrogen-bond donors (Lipinski definition) is 2. The van der Waals surface area contributed by atoms with E-state index < -0.39 is 84.9 Å². The average molecular weight is 988 g/mol. The number of allylic oxidation sites excluding steroid dienone is 6. The van der Waals surface area contributed by atoms with Gasteiger partial charge >= 0.3 is 5.97 Å². The number of ketones is 3. The fourth-order valence-corrected chi connectivity index (χ4v) is 11.6. The third-order valence-electron chi connectivity index (χ3n) is 14.9. The maximum atomic E-state index is 14.5. The van der Waals surface area contributed by atoms with Gasteiger partial charge < -0.3 is 43.3 Å². The van der Waals surface area contributed by atoms with Crippen molar-refractivity contribution in [2.24, 2.45) is 35.5 Å². The summed E-state index contributed by atoms with van der Waals surface area (Å²) in [5.41, 5.74) is 1.28. The first-order chi connectivity index (χ1) is 32.4. The lowest BCUT2D eigenvalue weighted by molar-refractivity contribution is -0.265. The van der Waals surface area contributed by atoms with Crippen LogP contribution in [0.2, 0.25) is 0 Å². The SMILES string of the molecule is C=P(C)(C)O[C@@H]1CC[C@@H](C[C@@H](C)[C@@H]2CC(=O)[C@H](C)/C=C(\C)[C@@H](O)[C@@H](OC)C(=O)[C@H](C)C[C@H](C)/C=C/C=C/C=C(\C)[C@@H](OC)C[C@@H]3CC[C@@H](C)[C@@](O)(O3)C(=O)C(=O)N3CCCC[C@H]3C(=O)O2)C[C@H]1OC. The fourth-order valence-electron chi connectivity index (χ4n) is 10.6. The number of amides is 1. The van der Waals surface area contributed by atoms with Gasteiger partial charge in [0.2, 0.25) is 5.79 Å². The molecular formula is C54H86NO13P. The van der Waals surface area contributed by atoms with Crippen molar-refractivity contribution in [3.05, 3.63) is 47.6 Å². The van der Waals surface area contributed by atoms with E-state index in [1.54, 1.807) is 41.1 Å². The summed E-state index contributed by atoms with van der Waals surface area (Å²) in [4.78, 5) is 72.3. The number of methoxy groups -OCH3 is 3. The summed E-state index contributed by atoms with van der Waals surface area (Å²) in [6.45, 7) is 16.9. The lowest BCUT2D eigenvalue weighted by Gasteiger charge is -2.42. The second kappa shape index (κ2) is 26.6. The summed E-state index contributed by atoms with van der Waals surface area (Å²) in [5.74, 6) is -7.81. The smallest absolute Gasteiger partial charge is 0.329 e. The Kier molecular flexibility index (Phi) is 22.5. The van der Waals surface area contributed by atoms with Gasteiger partial charge in [0.1, 0.15) is 30.1 Å². The Morgan fingerprint density at radius 1 is 0.870 bits per heavy atom. The lowest BCUT2D eigenvalue weighted by Crippen LogP contribution is -2.61. The molecule has 4 rings (SSSR count). The highest BCUT2D eigenvalue weighted by Gasteiger charge is 2.53. The van der Waals surface area contributed by atoms with Crippen molar-refractivity contribution >= 4 is 42.6 Å². The van der Waals surface area contributed by atoms with E-state index in [2.05, 4.69) is 6.30 Å². The number of hydrogen-bond acceptors (Lipinski definition) is 13. The number of rotatable bonds is 8. The van der Waals surface area contributed by atoms with E-state index >= 15 is 0 Å². The highest BCUT2D eigenvalue weighted by atomic mass is 31.2. The first kappa shape index (κ1) is 58.5.